The van der Waals surface area contributed by atoms with Gasteiger partial charge in [0.05, 0.1) is 7.11 Å². The maximum absolute atomic E-state index is 11.0. The first-order chi connectivity index (χ1) is 7.43. The van der Waals surface area contributed by atoms with Crippen molar-refractivity contribution in [1.82, 2.24) is 0 Å². The molecule has 0 aliphatic heterocycles. The second kappa shape index (κ2) is 7.51. The van der Waals surface area contributed by atoms with Crippen molar-refractivity contribution in [2.45, 2.75) is 31.9 Å². The molecule has 0 aliphatic rings. The SMILES string of the molecule is C=NOC(C)(C)CCSCC(N)C(=O)OC. The number of nitrogens with two attached hydrogens (primary N) is 1. The number of esters is 1. The van der Waals surface area contributed by atoms with Crippen LogP contribution in [0, 0.1) is 0 Å². The van der Waals surface area contributed by atoms with Crippen LogP contribution < -0.4 is 5.73 Å². The standard InChI is InChI=1S/C10H20N2O3S/c1-10(2,15-12-3)5-6-16-7-8(11)9(13)14-4/h8H,3,5-7,11H2,1-2,4H3. The Hall–Kier alpha value is -0.750. The Balaban J connectivity index is 3.67. The Bertz CT molecular complexity index is 234. The van der Waals surface area contributed by atoms with Crippen LogP contribution in [0.2, 0.25) is 0 Å². The number of oxime groups is 1. The monoisotopic (exact) mass is 248 g/mol. The van der Waals surface area contributed by atoms with E-state index >= 15 is 0 Å². The number of hydrogen-bond donors (Lipinski definition) is 1. The second-order valence-corrected chi connectivity index (χ2v) is 5.08. The number of carbonyl (C=O) groups excluding carboxylic acids is 1. The second-order valence-electron chi connectivity index (χ2n) is 3.93. The molecule has 0 fully saturated rings. The number of thioether (sulfide) groups is 1. The number of hydrogen-bond acceptors (Lipinski definition) is 6. The average Bonchev–Trinajstić information content (AvgIpc) is 2.22. The Morgan fingerprint density at radius 3 is 2.75 bits per heavy atom. The van der Waals surface area contributed by atoms with Gasteiger partial charge >= 0.3 is 5.97 Å². The Labute approximate surface area is 101 Å². The van der Waals surface area contributed by atoms with Gasteiger partial charge < -0.3 is 15.3 Å². The van der Waals surface area contributed by atoms with Crippen LogP contribution in [0.5, 0.6) is 0 Å². The predicted octanol–water partition coefficient (Wildman–Crippen LogP) is 1.02. The van der Waals surface area contributed by atoms with Crippen molar-refractivity contribution in [2.24, 2.45) is 10.9 Å². The molecule has 5 nitrogen and oxygen atoms in total. The molecule has 16 heavy (non-hydrogen) atoms. The van der Waals surface area contributed by atoms with Gasteiger partial charge in [-0.25, -0.2) is 0 Å². The van der Waals surface area contributed by atoms with Gasteiger partial charge in [-0.1, -0.05) is 0 Å². The van der Waals surface area contributed by atoms with E-state index in [2.05, 4.69) is 16.6 Å². The molecule has 0 heterocycles. The molecule has 0 saturated heterocycles. The Morgan fingerprint density at radius 1 is 1.62 bits per heavy atom. The molecule has 0 bridgehead atoms. The van der Waals surface area contributed by atoms with Crippen molar-refractivity contribution in [2.75, 3.05) is 18.6 Å². The number of rotatable bonds is 8. The van der Waals surface area contributed by atoms with Crippen molar-refractivity contribution in [3.05, 3.63) is 0 Å². The number of ether oxygens (including phenoxy) is 1. The molecular weight excluding hydrogens is 228 g/mol. The molecule has 0 spiro atoms. The molecule has 1 unspecified atom stereocenters. The number of carbonyl (C=O) groups is 1. The molecule has 6 heteroatoms. The minimum absolute atomic E-state index is 0.329. The van der Waals surface area contributed by atoms with Gasteiger partial charge in [-0.3, -0.25) is 4.79 Å². The van der Waals surface area contributed by atoms with Crippen LogP contribution in [0.15, 0.2) is 5.16 Å². The topological polar surface area (TPSA) is 73.9 Å². The maximum Gasteiger partial charge on any atom is 0.323 e. The lowest BCUT2D eigenvalue weighted by Crippen LogP contribution is -2.34. The van der Waals surface area contributed by atoms with E-state index in [-0.39, 0.29) is 11.6 Å². The van der Waals surface area contributed by atoms with Crippen molar-refractivity contribution in [3.8, 4) is 0 Å². The molecule has 0 aromatic carbocycles. The zero-order valence-electron chi connectivity index (χ0n) is 10.1. The van der Waals surface area contributed by atoms with Gasteiger partial charge in [0.2, 0.25) is 0 Å². The molecule has 0 rings (SSSR count). The summed E-state index contributed by atoms with van der Waals surface area (Å²) in [5.74, 6) is 1.01. The van der Waals surface area contributed by atoms with Gasteiger partial charge in [-0.05, 0) is 26.0 Å². The highest BCUT2D eigenvalue weighted by atomic mass is 32.2. The summed E-state index contributed by atoms with van der Waals surface area (Å²) in [5.41, 5.74) is 5.25. The van der Waals surface area contributed by atoms with E-state index < -0.39 is 6.04 Å². The quantitative estimate of drug-likeness (QED) is 0.300. The van der Waals surface area contributed by atoms with Crippen LogP contribution in [0.1, 0.15) is 20.3 Å². The third kappa shape index (κ3) is 6.68. The Kier molecular flexibility index (Phi) is 7.16. The molecule has 2 N–H and O–H groups in total. The lowest BCUT2D eigenvalue weighted by molar-refractivity contribution is -0.141. The molecular formula is C10H20N2O3S. The van der Waals surface area contributed by atoms with Gasteiger partial charge in [-0.15, -0.1) is 5.16 Å². The van der Waals surface area contributed by atoms with Crippen LogP contribution in [-0.2, 0) is 14.4 Å². The lowest BCUT2D eigenvalue weighted by atomic mass is 10.1. The van der Waals surface area contributed by atoms with E-state index in [0.717, 1.165) is 12.2 Å². The largest absolute Gasteiger partial charge is 0.468 e. The summed E-state index contributed by atoms with van der Waals surface area (Å²) in [4.78, 5) is 16.1. The minimum Gasteiger partial charge on any atom is -0.468 e. The van der Waals surface area contributed by atoms with Crippen molar-refractivity contribution in [3.63, 3.8) is 0 Å². The fourth-order valence-electron chi connectivity index (χ4n) is 0.968. The van der Waals surface area contributed by atoms with E-state index in [1.165, 1.54) is 7.11 Å². The van der Waals surface area contributed by atoms with Crippen molar-refractivity contribution < 1.29 is 14.4 Å². The van der Waals surface area contributed by atoms with E-state index in [4.69, 9.17) is 10.6 Å². The third-order valence-corrected chi connectivity index (χ3v) is 3.05. The zero-order valence-corrected chi connectivity index (χ0v) is 10.9. The highest BCUT2D eigenvalue weighted by molar-refractivity contribution is 7.99. The number of methoxy groups -OCH3 is 1. The predicted molar refractivity (Wildman–Crippen MR) is 66.6 cm³/mol. The highest BCUT2D eigenvalue weighted by Gasteiger charge is 2.19. The van der Waals surface area contributed by atoms with Crippen molar-refractivity contribution >= 4 is 24.4 Å². The summed E-state index contributed by atoms with van der Waals surface area (Å²) >= 11 is 1.59. The maximum atomic E-state index is 11.0. The van der Waals surface area contributed by atoms with E-state index in [0.29, 0.717) is 5.75 Å². The van der Waals surface area contributed by atoms with Gasteiger partial charge in [0.25, 0.3) is 0 Å². The first-order valence-corrected chi connectivity index (χ1v) is 6.14. The van der Waals surface area contributed by atoms with Crippen LogP contribution in [0.3, 0.4) is 0 Å². The normalized spacial score (nSPS) is 13.0. The molecule has 0 saturated carbocycles. The molecule has 94 valence electrons. The molecule has 0 radical (unpaired) electrons. The molecule has 0 amide bonds. The van der Waals surface area contributed by atoms with Crippen LogP contribution in [0.25, 0.3) is 0 Å². The lowest BCUT2D eigenvalue weighted by Gasteiger charge is -2.21. The van der Waals surface area contributed by atoms with Gasteiger partial charge in [-0.2, -0.15) is 11.8 Å². The van der Waals surface area contributed by atoms with Crippen LogP contribution in [0.4, 0.5) is 0 Å². The first-order valence-electron chi connectivity index (χ1n) is 4.98. The summed E-state index contributed by atoms with van der Waals surface area (Å²) in [7, 11) is 1.33. The number of nitrogens with zero attached hydrogens (tertiary/aromatic N) is 1. The highest BCUT2D eigenvalue weighted by Crippen LogP contribution is 2.18. The Morgan fingerprint density at radius 2 is 2.25 bits per heavy atom. The summed E-state index contributed by atoms with van der Waals surface area (Å²) in [6.45, 7) is 7.14. The molecule has 0 aliphatic carbocycles. The third-order valence-electron chi connectivity index (χ3n) is 1.96. The van der Waals surface area contributed by atoms with E-state index in [9.17, 15) is 4.79 Å². The average molecular weight is 248 g/mol. The first kappa shape index (κ1) is 15.2. The van der Waals surface area contributed by atoms with E-state index in [1.54, 1.807) is 11.8 Å². The summed E-state index contributed by atoms with van der Waals surface area (Å²) in [5, 5.41) is 3.40. The van der Waals surface area contributed by atoms with Gasteiger partial charge in [0, 0.05) is 12.5 Å². The van der Waals surface area contributed by atoms with Crippen molar-refractivity contribution in [1.29, 1.82) is 0 Å². The minimum atomic E-state index is -0.559. The van der Waals surface area contributed by atoms with Crippen LogP contribution in [-0.4, -0.2) is 42.9 Å². The van der Waals surface area contributed by atoms with E-state index in [1.807, 2.05) is 13.8 Å². The summed E-state index contributed by atoms with van der Waals surface area (Å²) < 4.78 is 4.52. The fourth-order valence-corrected chi connectivity index (χ4v) is 2.16. The van der Waals surface area contributed by atoms with Gasteiger partial charge in [0.15, 0.2) is 0 Å². The molecule has 0 aromatic heterocycles. The fraction of sp³-hybridized carbons (Fsp3) is 0.800. The van der Waals surface area contributed by atoms with Gasteiger partial charge in [0.1, 0.15) is 11.6 Å². The summed E-state index contributed by atoms with van der Waals surface area (Å²) in [6.07, 6.45) is 0.810. The zero-order chi connectivity index (χ0) is 12.6. The molecule has 1 atom stereocenters. The van der Waals surface area contributed by atoms with Crippen LogP contribution >= 0.6 is 11.8 Å². The summed E-state index contributed by atoms with van der Waals surface area (Å²) in [6, 6.07) is -0.559. The smallest absolute Gasteiger partial charge is 0.323 e. The molecule has 0 aromatic rings.